The molecule has 12 heavy (non-hydrogen) atoms. The molecule has 3 nitrogen and oxygen atoms in total. The number of nitrogens with zero attached hydrogens (tertiary/aromatic N) is 2. The Morgan fingerprint density at radius 3 is 2.33 bits per heavy atom. The topological polar surface area (TPSA) is 51.8 Å². The maximum Gasteiger partial charge on any atom is 0.187 e. The van der Waals surface area contributed by atoms with Crippen molar-refractivity contribution in [3.63, 3.8) is 0 Å². The predicted molar refractivity (Wildman–Crippen MR) is 56.3 cm³/mol. The minimum atomic E-state index is 0. The number of nitrogens with two attached hydrogens (primary N) is 1. The summed E-state index contributed by atoms with van der Waals surface area (Å²) in [6.45, 7) is 0.670. The molecule has 0 unspecified atom stereocenters. The lowest BCUT2D eigenvalue weighted by Gasteiger charge is -1.93. The van der Waals surface area contributed by atoms with Gasteiger partial charge < -0.3 is 5.73 Å². The van der Waals surface area contributed by atoms with Crippen LogP contribution in [0.4, 0.5) is 0 Å². The van der Waals surface area contributed by atoms with Gasteiger partial charge in [-0.25, -0.2) is 9.97 Å². The van der Waals surface area contributed by atoms with Crippen LogP contribution in [0.3, 0.4) is 0 Å². The molecule has 0 saturated carbocycles. The molecule has 0 aromatic carbocycles. The van der Waals surface area contributed by atoms with Crippen LogP contribution in [0.2, 0.25) is 0 Å². The summed E-state index contributed by atoms with van der Waals surface area (Å²) >= 11 is 1.57. The second-order valence-corrected chi connectivity index (χ2v) is 2.73. The summed E-state index contributed by atoms with van der Waals surface area (Å²) in [7, 11) is 0. The van der Waals surface area contributed by atoms with Crippen molar-refractivity contribution in [2.24, 2.45) is 5.73 Å². The maximum absolute atomic E-state index is 5.30. The summed E-state index contributed by atoms with van der Waals surface area (Å²) in [6, 6.07) is 1.80. The Kier molecular flexibility index (Phi) is 10.9. The molecule has 70 valence electrons. The standard InChI is InChI=1S/C6H9N3S.2ClH/c7-2-5-10-6-8-3-1-4-9-6;;/h1,3-4H,2,5,7H2;2*1H. The third kappa shape index (κ3) is 5.60. The molecule has 1 aromatic rings. The first-order chi connectivity index (χ1) is 4.93. The van der Waals surface area contributed by atoms with Gasteiger partial charge in [0.15, 0.2) is 5.16 Å². The Morgan fingerprint density at radius 2 is 1.83 bits per heavy atom. The molecule has 2 N–H and O–H groups in total. The fourth-order valence-electron chi connectivity index (χ4n) is 0.510. The van der Waals surface area contributed by atoms with E-state index in [0.29, 0.717) is 6.54 Å². The van der Waals surface area contributed by atoms with E-state index in [-0.39, 0.29) is 24.8 Å². The van der Waals surface area contributed by atoms with Crippen LogP contribution in [0.5, 0.6) is 0 Å². The van der Waals surface area contributed by atoms with E-state index in [0.717, 1.165) is 10.9 Å². The molecular weight excluding hydrogens is 217 g/mol. The number of aromatic nitrogens is 2. The quantitative estimate of drug-likeness (QED) is 0.627. The van der Waals surface area contributed by atoms with Gasteiger partial charge in [-0.1, -0.05) is 11.8 Å². The van der Waals surface area contributed by atoms with Gasteiger partial charge >= 0.3 is 0 Å². The number of hydrogen-bond acceptors (Lipinski definition) is 4. The maximum atomic E-state index is 5.30. The smallest absolute Gasteiger partial charge is 0.187 e. The van der Waals surface area contributed by atoms with Crippen LogP contribution in [0, 0.1) is 0 Å². The summed E-state index contributed by atoms with van der Waals surface area (Å²) in [5.74, 6) is 0.879. The van der Waals surface area contributed by atoms with Crippen molar-refractivity contribution in [1.29, 1.82) is 0 Å². The van der Waals surface area contributed by atoms with Gasteiger partial charge in [0.25, 0.3) is 0 Å². The van der Waals surface area contributed by atoms with E-state index in [1.807, 2.05) is 0 Å². The highest BCUT2D eigenvalue weighted by Gasteiger charge is 1.91. The van der Waals surface area contributed by atoms with Crippen molar-refractivity contribution >= 4 is 36.6 Å². The monoisotopic (exact) mass is 227 g/mol. The van der Waals surface area contributed by atoms with Gasteiger partial charge in [0.1, 0.15) is 0 Å². The van der Waals surface area contributed by atoms with Gasteiger partial charge in [-0.3, -0.25) is 0 Å². The third-order valence-corrected chi connectivity index (χ3v) is 1.80. The summed E-state index contributed by atoms with van der Waals surface area (Å²) in [6.07, 6.45) is 3.46. The Hall–Kier alpha value is -0.0300. The molecule has 0 aliphatic heterocycles. The van der Waals surface area contributed by atoms with Crippen LogP contribution < -0.4 is 5.73 Å². The van der Waals surface area contributed by atoms with E-state index < -0.39 is 0 Å². The Balaban J connectivity index is 0. The largest absolute Gasteiger partial charge is 0.330 e. The van der Waals surface area contributed by atoms with Crippen molar-refractivity contribution in [3.8, 4) is 0 Å². The molecule has 0 amide bonds. The lowest BCUT2D eigenvalue weighted by Crippen LogP contribution is -2.01. The SMILES string of the molecule is Cl.Cl.NCCSc1ncccn1. The zero-order chi connectivity index (χ0) is 7.23. The van der Waals surface area contributed by atoms with Crippen molar-refractivity contribution in [2.75, 3.05) is 12.3 Å². The summed E-state index contributed by atoms with van der Waals surface area (Å²) in [5.41, 5.74) is 5.30. The second-order valence-electron chi connectivity index (χ2n) is 1.67. The summed E-state index contributed by atoms with van der Waals surface area (Å²) in [4.78, 5) is 8.03. The molecule has 1 heterocycles. The van der Waals surface area contributed by atoms with E-state index in [1.54, 1.807) is 30.2 Å². The molecule has 0 fully saturated rings. The van der Waals surface area contributed by atoms with E-state index >= 15 is 0 Å². The molecule has 6 heteroatoms. The third-order valence-electron chi connectivity index (χ3n) is 0.891. The Morgan fingerprint density at radius 1 is 1.25 bits per heavy atom. The molecule has 0 spiro atoms. The average molecular weight is 228 g/mol. The average Bonchev–Trinajstić information content (AvgIpc) is 2.03. The number of hydrogen-bond donors (Lipinski definition) is 1. The molecular formula is C6H11Cl2N3S. The Bertz CT molecular complexity index is 185. The zero-order valence-corrected chi connectivity index (χ0v) is 8.79. The highest BCUT2D eigenvalue weighted by Crippen LogP contribution is 2.08. The van der Waals surface area contributed by atoms with Gasteiger partial charge in [0, 0.05) is 24.7 Å². The molecule has 0 radical (unpaired) electrons. The first-order valence-corrected chi connectivity index (χ1v) is 4.02. The van der Waals surface area contributed by atoms with Crippen LogP contribution in [0.25, 0.3) is 0 Å². The lowest BCUT2D eigenvalue weighted by molar-refractivity contribution is 0.964. The zero-order valence-electron chi connectivity index (χ0n) is 6.34. The molecule has 0 aliphatic carbocycles. The molecule has 0 bridgehead atoms. The number of halogens is 2. The van der Waals surface area contributed by atoms with Crippen molar-refractivity contribution < 1.29 is 0 Å². The van der Waals surface area contributed by atoms with E-state index in [1.165, 1.54) is 0 Å². The molecule has 0 atom stereocenters. The predicted octanol–water partition coefficient (Wildman–Crippen LogP) is 1.37. The number of thioether (sulfide) groups is 1. The van der Waals surface area contributed by atoms with Gasteiger partial charge in [-0.2, -0.15) is 0 Å². The molecule has 0 saturated heterocycles. The normalized spacial score (nSPS) is 8.08. The van der Waals surface area contributed by atoms with Crippen LogP contribution >= 0.6 is 36.6 Å². The van der Waals surface area contributed by atoms with E-state index in [4.69, 9.17) is 5.73 Å². The Labute approximate surface area is 88.4 Å². The van der Waals surface area contributed by atoms with E-state index in [9.17, 15) is 0 Å². The molecule has 0 aliphatic rings. The van der Waals surface area contributed by atoms with Gasteiger partial charge in [-0.15, -0.1) is 24.8 Å². The fourth-order valence-corrected chi connectivity index (χ4v) is 1.08. The van der Waals surface area contributed by atoms with Crippen LogP contribution in [-0.4, -0.2) is 22.3 Å². The van der Waals surface area contributed by atoms with Crippen molar-refractivity contribution in [1.82, 2.24) is 9.97 Å². The van der Waals surface area contributed by atoms with Crippen LogP contribution in [-0.2, 0) is 0 Å². The minimum Gasteiger partial charge on any atom is -0.330 e. The van der Waals surface area contributed by atoms with Gasteiger partial charge in [0.2, 0.25) is 0 Å². The van der Waals surface area contributed by atoms with Crippen molar-refractivity contribution in [3.05, 3.63) is 18.5 Å². The highest BCUT2D eigenvalue weighted by molar-refractivity contribution is 7.99. The van der Waals surface area contributed by atoms with Crippen molar-refractivity contribution in [2.45, 2.75) is 5.16 Å². The van der Waals surface area contributed by atoms with E-state index in [2.05, 4.69) is 9.97 Å². The fraction of sp³-hybridized carbons (Fsp3) is 0.333. The summed E-state index contributed by atoms with van der Waals surface area (Å²) in [5, 5.41) is 0.799. The second kappa shape index (κ2) is 9.06. The molecule has 1 aromatic heterocycles. The lowest BCUT2D eigenvalue weighted by atomic mass is 10.7. The molecule has 1 rings (SSSR count). The van der Waals surface area contributed by atoms with Gasteiger partial charge in [-0.05, 0) is 6.07 Å². The summed E-state index contributed by atoms with van der Waals surface area (Å²) < 4.78 is 0. The number of rotatable bonds is 3. The van der Waals surface area contributed by atoms with Crippen LogP contribution in [0.1, 0.15) is 0 Å². The van der Waals surface area contributed by atoms with Crippen LogP contribution in [0.15, 0.2) is 23.6 Å². The first kappa shape index (κ1) is 14.5. The minimum absolute atomic E-state index is 0. The highest BCUT2D eigenvalue weighted by atomic mass is 35.5. The van der Waals surface area contributed by atoms with Gasteiger partial charge in [0.05, 0.1) is 0 Å². The first-order valence-electron chi connectivity index (χ1n) is 3.03.